The standard InChI is InChI=1S/C25H31B4N3O5/c26-24(27,31-10-12-36-13-11-31)15-4-6-16(7-5-15)25(28,29)37-20-3-1-2-17-18(20)14-32(23(17)35)19-8-9-21(33)30-22(19)34/h1-7,19H,8-14,26-29H2,(H,30,33,34). The minimum Gasteiger partial charge on any atom is -0.501 e. The summed E-state index contributed by atoms with van der Waals surface area (Å²) in [5, 5.41) is 1.60. The van der Waals surface area contributed by atoms with Gasteiger partial charge in [0.1, 0.15) is 27.5 Å². The molecule has 0 saturated carbocycles. The largest absolute Gasteiger partial charge is 0.501 e. The molecule has 3 aliphatic heterocycles. The molecule has 8 nitrogen and oxygen atoms in total. The van der Waals surface area contributed by atoms with E-state index in [4.69, 9.17) is 9.47 Å². The average Bonchev–Trinajstić information content (AvgIpc) is 3.21. The van der Waals surface area contributed by atoms with Crippen molar-refractivity contribution in [3.8, 4) is 5.75 Å². The highest BCUT2D eigenvalue weighted by molar-refractivity contribution is 6.40. The Morgan fingerprint density at radius 2 is 1.62 bits per heavy atom. The number of piperidine rings is 1. The summed E-state index contributed by atoms with van der Waals surface area (Å²) in [6.45, 7) is 3.62. The molecule has 1 unspecified atom stereocenters. The molecule has 0 aromatic heterocycles. The number of hydrogen-bond acceptors (Lipinski definition) is 6. The molecule has 2 aromatic carbocycles. The van der Waals surface area contributed by atoms with Gasteiger partial charge >= 0.3 is 0 Å². The first-order valence-electron chi connectivity index (χ1n) is 13.0. The molecule has 188 valence electrons. The van der Waals surface area contributed by atoms with Crippen molar-refractivity contribution >= 4 is 49.1 Å². The Labute approximate surface area is 221 Å². The monoisotopic (exact) mass is 497 g/mol. The number of imide groups is 1. The van der Waals surface area contributed by atoms with Crippen LogP contribution in [0.15, 0.2) is 42.5 Å². The SMILES string of the molecule is BC(B)(Oc1cccc2c1CN(C1CCC(=O)NC1=O)C2=O)c1ccc(C(B)(B)N2CCOCC2)cc1. The van der Waals surface area contributed by atoms with E-state index in [0.29, 0.717) is 17.7 Å². The van der Waals surface area contributed by atoms with E-state index in [9.17, 15) is 14.4 Å². The molecule has 1 N–H and O–H groups in total. The van der Waals surface area contributed by atoms with Gasteiger partial charge in [-0.2, -0.15) is 0 Å². The molecule has 0 aliphatic carbocycles. The fourth-order valence-corrected chi connectivity index (χ4v) is 5.57. The molecule has 0 spiro atoms. The molecule has 1 atom stereocenters. The predicted molar refractivity (Wildman–Crippen MR) is 149 cm³/mol. The third kappa shape index (κ3) is 4.84. The molecule has 3 heterocycles. The van der Waals surface area contributed by atoms with Crippen LogP contribution in [-0.4, -0.2) is 91.3 Å². The fraction of sp³-hybridized carbons (Fsp3) is 0.400. The van der Waals surface area contributed by atoms with Gasteiger partial charge < -0.3 is 19.3 Å². The van der Waals surface area contributed by atoms with Crippen molar-refractivity contribution in [1.29, 1.82) is 0 Å². The van der Waals surface area contributed by atoms with E-state index >= 15 is 0 Å². The highest BCUT2D eigenvalue weighted by Crippen LogP contribution is 2.36. The number of carbonyl (C=O) groups is 3. The lowest BCUT2D eigenvalue weighted by Crippen LogP contribution is -2.52. The van der Waals surface area contributed by atoms with Gasteiger partial charge in [0.15, 0.2) is 15.7 Å². The number of rotatable bonds is 6. The highest BCUT2D eigenvalue weighted by Gasteiger charge is 2.40. The number of morpholine rings is 1. The van der Waals surface area contributed by atoms with Crippen LogP contribution in [0.25, 0.3) is 0 Å². The maximum atomic E-state index is 13.2. The van der Waals surface area contributed by atoms with E-state index in [1.807, 2.05) is 27.8 Å². The lowest BCUT2D eigenvalue weighted by atomic mass is 9.56. The van der Waals surface area contributed by atoms with E-state index in [0.717, 1.165) is 37.4 Å². The molecule has 0 radical (unpaired) electrons. The number of nitrogens with zero attached hydrogens (tertiary/aromatic N) is 2. The summed E-state index contributed by atoms with van der Waals surface area (Å²) in [5.41, 5.74) is 3.58. The van der Waals surface area contributed by atoms with Crippen LogP contribution in [0.3, 0.4) is 0 Å². The minimum atomic E-state index is -0.652. The van der Waals surface area contributed by atoms with Crippen LogP contribution in [0.1, 0.15) is 39.9 Å². The summed E-state index contributed by atoms with van der Waals surface area (Å²) in [7, 11) is 8.52. The Balaban J connectivity index is 1.34. The average molecular weight is 497 g/mol. The van der Waals surface area contributed by atoms with Gasteiger partial charge in [0.2, 0.25) is 11.8 Å². The summed E-state index contributed by atoms with van der Waals surface area (Å²) >= 11 is 0. The normalized spacial score (nSPS) is 21.0. The van der Waals surface area contributed by atoms with E-state index in [2.05, 4.69) is 50.2 Å². The Hall–Kier alpha value is -2.97. The quantitative estimate of drug-likeness (QED) is 0.355. The number of ether oxygens (including phenoxy) is 2. The lowest BCUT2D eigenvalue weighted by Gasteiger charge is -2.42. The number of hydrogen-bond donors (Lipinski definition) is 1. The molecule has 5 rings (SSSR count). The Morgan fingerprint density at radius 1 is 0.946 bits per heavy atom. The van der Waals surface area contributed by atoms with Crippen LogP contribution in [-0.2, 0) is 31.6 Å². The van der Waals surface area contributed by atoms with Gasteiger partial charge in [-0.05, 0) is 35.0 Å². The molecule has 37 heavy (non-hydrogen) atoms. The summed E-state index contributed by atoms with van der Waals surface area (Å²) in [6, 6.07) is 13.4. The molecule has 2 saturated heterocycles. The second kappa shape index (κ2) is 9.72. The Kier molecular flexibility index (Phi) is 6.75. The van der Waals surface area contributed by atoms with Crippen LogP contribution in [0.2, 0.25) is 0 Å². The van der Waals surface area contributed by atoms with Crippen LogP contribution in [0, 0.1) is 0 Å². The first kappa shape index (κ1) is 25.7. The van der Waals surface area contributed by atoms with Crippen LogP contribution in [0.5, 0.6) is 5.75 Å². The van der Waals surface area contributed by atoms with Crippen molar-refractivity contribution in [3.63, 3.8) is 0 Å². The smallest absolute Gasteiger partial charge is 0.255 e. The van der Waals surface area contributed by atoms with Crippen LogP contribution < -0.4 is 10.1 Å². The lowest BCUT2D eigenvalue weighted by molar-refractivity contribution is -0.136. The summed E-state index contributed by atoms with van der Waals surface area (Å²) in [4.78, 5) is 41.2. The molecule has 3 aliphatic rings. The van der Waals surface area contributed by atoms with E-state index in [1.165, 1.54) is 5.56 Å². The van der Waals surface area contributed by atoms with Crippen molar-refractivity contribution in [2.45, 2.75) is 36.2 Å². The van der Waals surface area contributed by atoms with Gasteiger partial charge in [-0.1, -0.05) is 30.3 Å². The molecule has 2 fully saturated rings. The maximum Gasteiger partial charge on any atom is 0.255 e. The van der Waals surface area contributed by atoms with Crippen molar-refractivity contribution < 1.29 is 23.9 Å². The van der Waals surface area contributed by atoms with Crippen molar-refractivity contribution in [3.05, 3.63) is 64.7 Å². The van der Waals surface area contributed by atoms with Crippen molar-refractivity contribution in [2.75, 3.05) is 26.3 Å². The Morgan fingerprint density at radius 3 is 2.30 bits per heavy atom. The summed E-state index contributed by atoms with van der Waals surface area (Å²) in [6.07, 6.45) is 0.560. The molecule has 2 aromatic rings. The first-order chi connectivity index (χ1) is 17.6. The number of benzene rings is 2. The Bertz CT molecular complexity index is 1230. The highest BCUT2D eigenvalue weighted by atomic mass is 16.5. The third-order valence-corrected chi connectivity index (χ3v) is 7.99. The number of nitrogens with one attached hydrogen (secondary N) is 1. The third-order valence-electron chi connectivity index (χ3n) is 7.99. The minimum absolute atomic E-state index is 0.104. The summed E-state index contributed by atoms with van der Waals surface area (Å²) in [5.74, 6) is -0.290. The number of amides is 3. The zero-order valence-electron chi connectivity index (χ0n) is 22.0. The van der Waals surface area contributed by atoms with Crippen LogP contribution in [0.4, 0.5) is 0 Å². The van der Waals surface area contributed by atoms with E-state index < -0.39 is 17.3 Å². The number of carbonyl (C=O) groups excluding carboxylic acids is 3. The van der Waals surface area contributed by atoms with Gasteiger partial charge in [0, 0.05) is 30.6 Å². The first-order valence-corrected chi connectivity index (χ1v) is 13.0. The molecule has 3 amide bonds. The van der Waals surface area contributed by atoms with Crippen molar-refractivity contribution in [1.82, 2.24) is 15.1 Å². The van der Waals surface area contributed by atoms with Crippen LogP contribution >= 0.6 is 0 Å². The van der Waals surface area contributed by atoms with Gasteiger partial charge in [-0.15, -0.1) is 0 Å². The topological polar surface area (TPSA) is 88.2 Å². The molecular formula is C25H31B4N3O5. The zero-order valence-corrected chi connectivity index (χ0v) is 22.0. The number of fused-ring (bicyclic) bond motifs is 1. The predicted octanol–water partition coefficient (Wildman–Crippen LogP) is -2.39. The van der Waals surface area contributed by atoms with Gasteiger partial charge in [-0.3, -0.25) is 19.7 Å². The molecule has 0 bridgehead atoms. The van der Waals surface area contributed by atoms with E-state index in [1.54, 1.807) is 11.0 Å². The second-order valence-corrected chi connectivity index (χ2v) is 11.0. The van der Waals surface area contributed by atoms with Crippen molar-refractivity contribution in [2.24, 2.45) is 0 Å². The zero-order chi connectivity index (χ0) is 26.4. The molecule has 12 heteroatoms. The molecular weight excluding hydrogens is 466 g/mol. The summed E-state index contributed by atoms with van der Waals surface area (Å²) < 4.78 is 12.1. The second-order valence-electron chi connectivity index (χ2n) is 11.0. The van der Waals surface area contributed by atoms with Gasteiger partial charge in [0.25, 0.3) is 5.91 Å². The maximum absolute atomic E-state index is 13.2. The van der Waals surface area contributed by atoms with Gasteiger partial charge in [0.05, 0.1) is 25.2 Å². The van der Waals surface area contributed by atoms with E-state index in [-0.39, 0.29) is 30.1 Å². The van der Waals surface area contributed by atoms with Gasteiger partial charge in [-0.25, -0.2) is 0 Å². The fourth-order valence-electron chi connectivity index (χ4n) is 5.57.